The molecule has 1 saturated carbocycles. The van der Waals surface area contributed by atoms with Crippen LogP contribution in [0.2, 0.25) is 0 Å². The van der Waals surface area contributed by atoms with E-state index in [4.69, 9.17) is 4.74 Å². The van der Waals surface area contributed by atoms with E-state index < -0.39 is 10.0 Å². The van der Waals surface area contributed by atoms with Crippen LogP contribution < -0.4 is 4.72 Å². The molecule has 0 unspecified atom stereocenters. The number of hydrogen-bond donors (Lipinski definition) is 1. The van der Waals surface area contributed by atoms with E-state index >= 15 is 0 Å². The Labute approximate surface area is 179 Å². The molecule has 3 aromatic heterocycles. The number of nitrogens with one attached hydrogen (secondary N) is 1. The van der Waals surface area contributed by atoms with Gasteiger partial charge in [-0.3, -0.25) is 9.40 Å². The first-order chi connectivity index (χ1) is 14.9. The van der Waals surface area contributed by atoms with Crippen LogP contribution in [0.3, 0.4) is 0 Å². The van der Waals surface area contributed by atoms with E-state index in [0.717, 1.165) is 23.8 Å². The third-order valence-corrected chi connectivity index (χ3v) is 7.10. The largest absolute Gasteiger partial charge is 0.381 e. The van der Waals surface area contributed by atoms with Gasteiger partial charge in [-0.1, -0.05) is 12.1 Å². The number of aromatic nitrogens is 5. The van der Waals surface area contributed by atoms with Crippen LogP contribution in [0.25, 0.3) is 16.7 Å². The van der Waals surface area contributed by atoms with Gasteiger partial charge in [0.15, 0.2) is 5.82 Å². The Morgan fingerprint density at radius 1 is 1.16 bits per heavy atom. The summed E-state index contributed by atoms with van der Waals surface area (Å²) in [4.78, 5) is 4.41. The lowest BCUT2D eigenvalue weighted by Crippen LogP contribution is -2.28. The molecule has 1 aliphatic carbocycles. The van der Waals surface area contributed by atoms with Gasteiger partial charge in [-0.15, -0.1) is 0 Å². The van der Waals surface area contributed by atoms with Crippen molar-refractivity contribution in [3.8, 4) is 5.82 Å². The van der Waals surface area contributed by atoms with Gasteiger partial charge in [0.1, 0.15) is 4.90 Å². The van der Waals surface area contributed by atoms with E-state index in [1.807, 2.05) is 18.2 Å². The zero-order valence-electron chi connectivity index (χ0n) is 17.1. The van der Waals surface area contributed by atoms with E-state index in [-0.39, 0.29) is 4.90 Å². The number of methoxy groups -OCH3 is 1. The van der Waals surface area contributed by atoms with E-state index in [1.165, 1.54) is 17.1 Å². The number of para-hydroxylation sites is 1. The number of ether oxygens (including phenoxy) is 1. The highest BCUT2D eigenvalue weighted by atomic mass is 32.2. The van der Waals surface area contributed by atoms with Gasteiger partial charge in [0, 0.05) is 25.7 Å². The number of nitrogens with zero attached hydrogens (tertiary/aromatic N) is 5. The van der Waals surface area contributed by atoms with E-state index in [9.17, 15) is 8.42 Å². The molecule has 160 valence electrons. The number of anilines is 1. The first-order valence-electron chi connectivity index (χ1n) is 9.92. The first kappa shape index (κ1) is 19.7. The average Bonchev–Trinajstić information content (AvgIpc) is 3.36. The van der Waals surface area contributed by atoms with Crippen molar-refractivity contribution < 1.29 is 13.2 Å². The first-order valence-corrected chi connectivity index (χ1v) is 11.4. The fourth-order valence-corrected chi connectivity index (χ4v) is 4.93. The van der Waals surface area contributed by atoms with Crippen molar-refractivity contribution in [1.29, 1.82) is 0 Å². The summed E-state index contributed by atoms with van der Waals surface area (Å²) in [6.45, 7) is 0. The maximum atomic E-state index is 13.0. The molecule has 1 aliphatic rings. The molecule has 0 radical (unpaired) electrons. The summed E-state index contributed by atoms with van der Waals surface area (Å²) in [6, 6.07) is 9.31. The molecule has 31 heavy (non-hydrogen) atoms. The molecule has 4 aromatic rings. The summed E-state index contributed by atoms with van der Waals surface area (Å²) in [6.07, 6.45) is 8.46. The molecule has 0 saturated heterocycles. The maximum absolute atomic E-state index is 13.0. The topological polar surface area (TPSA) is 104 Å². The average molecular weight is 439 g/mol. The number of benzene rings is 1. The van der Waals surface area contributed by atoms with Gasteiger partial charge in [0.2, 0.25) is 0 Å². The predicted molar refractivity (Wildman–Crippen MR) is 116 cm³/mol. The molecule has 1 fully saturated rings. The van der Waals surface area contributed by atoms with E-state index in [2.05, 4.69) is 19.9 Å². The van der Waals surface area contributed by atoms with Crippen LogP contribution in [-0.2, 0) is 21.8 Å². The molecule has 0 spiro atoms. The molecule has 1 N–H and O–H groups in total. The lowest BCUT2D eigenvalue weighted by atomic mass is 9.78. The van der Waals surface area contributed by atoms with Crippen molar-refractivity contribution in [3.63, 3.8) is 0 Å². The van der Waals surface area contributed by atoms with Crippen LogP contribution in [0.5, 0.6) is 0 Å². The predicted octanol–water partition coefficient (Wildman–Crippen LogP) is 2.85. The Bertz CT molecular complexity index is 1350. The van der Waals surface area contributed by atoms with Gasteiger partial charge in [-0.25, -0.2) is 18.1 Å². The van der Waals surface area contributed by atoms with Crippen molar-refractivity contribution in [2.24, 2.45) is 7.05 Å². The minimum absolute atomic E-state index is 0.0574. The molecule has 5 rings (SSSR count). The zero-order valence-corrected chi connectivity index (χ0v) is 18.0. The fourth-order valence-electron chi connectivity index (χ4n) is 3.93. The second-order valence-electron chi connectivity index (χ2n) is 7.71. The Morgan fingerprint density at radius 3 is 2.81 bits per heavy atom. The number of fused-ring (bicyclic) bond motifs is 1. The van der Waals surface area contributed by atoms with Crippen molar-refractivity contribution in [3.05, 3.63) is 60.7 Å². The van der Waals surface area contributed by atoms with Crippen LogP contribution in [-0.4, -0.2) is 46.2 Å². The molecule has 0 bridgehead atoms. The van der Waals surface area contributed by atoms with Crippen LogP contribution in [0.15, 0.2) is 60.0 Å². The molecule has 0 amide bonds. The van der Waals surface area contributed by atoms with Crippen molar-refractivity contribution in [2.45, 2.75) is 29.8 Å². The SMILES string of the molecule is CO[C@H]1C[C@@H](c2ccnc(-n3cc(S(=O)(=O)Nc4cccc5cnn(C)c45)cn3)c2)C1. The van der Waals surface area contributed by atoms with Crippen molar-refractivity contribution in [2.75, 3.05) is 11.8 Å². The van der Waals surface area contributed by atoms with Gasteiger partial charge in [-0.05, 0) is 42.5 Å². The van der Waals surface area contributed by atoms with Gasteiger partial charge >= 0.3 is 0 Å². The number of rotatable bonds is 6. The summed E-state index contributed by atoms with van der Waals surface area (Å²) in [5.74, 6) is 1.00. The quantitative estimate of drug-likeness (QED) is 0.496. The Balaban J connectivity index is 1.41. The Hall–Kier alpha value is -3.24. The summed E-state index contributed by atoms with van der Waals surface area (Å²) in [7, 11) is -0.335. The molecule has 10 heteroatoms. The highest BCUT2D eigenvalue weighted by Gasteiger charge is 2.30. The Kier molecular flexibility index (Phi) is 4.75. The van der Waals surface area contributed by atoms with Gasteiger partial charge < -0.3 is 4.74 Å². The van der Waals surface area contributed by atoms with E-state index in [1.54, 1.807) is 43.4 Å². The molecular formula is C21H22N6O3S. The van der Waals surface area contributed by atoms with Crippen LogP contribution >= 0.6 is 0 Å². The van der Waals surface area contributed by atoms with Gasteiger partial charge in [0.05, 0.1) is 35.9 Å². The van der Waals surface area contributed by atoms with Crippen LogP contribution in [0, 0.1) is 0 Å². The zero-order chi connectivity index (χ0) is 21.6. The molecule has 9 nitrogen and oxygen atoms in total. The van der Waals surface area contributed by atoms with Crippen LogP contribution in [0.4, 0.5) is 5.69 Å². The molecule has 0 aliphatic heterocycles. The lowest BCUT2D eigenvalue weighted by molar-refractivity contribution is 0.0257. The summed E-state index contributed by atoms with van der Waals surface area (Å²) in [5, 5.41) is 9.28. The third kappa shape index (κ3) is 3.57. The van der Waals surface area contributed by atoms with Crippen molar-refractivity contribution in [1.82, 2.24) is 24.5 Å². The highest BCUT2D eigenvalue weighted by Crippen LogP contribution is 2.38. The molecular weight excluding hydrogens is 416 g/mol. The second-order valence-corrected chi connectivity index (χ2v) is 9.39. The summed E-state index contributed by atoms with van der Waals surface area (Å²) in [5.41, 5.74) is 2.32. The van der Waals surface area contributed by atoms with Crippen LogP contribution in [0.1, 0.15) is 24.3 Å². The highest BCUT2D eigenvalue weighted by molar-refractivity contribution is 7.92. The second kappa shape index (κ2) is 7.47. The molecule has 3 heterocycles. The number of sulfonamides is 1. The normalized spacial score (nSPS) is 18.8. The smallest absolute Gasteiger partial charge is 0.265 e. The minimum Gasteiger partial charge on any atom is -0.381 e. The molecule has 1 aromatic carbocycles. The summed E-state index contributed by atoms with van der Waals surface area (Å²) < 4.78 is 37.1. The number of pyridine rings is 1. The monoisotopic (exact) mass is 438 g/mol. The number of hydrogen-bond acceptors (Lipinski definition) is 6. The van der Waals surface area contributed by atoms with E-state index in [0.29, 0.717) is 29.0 Å². The minimum atomic E-state index is -3.84. The Morgan fingerprint density at radius 2 is 2.00 bits per heavy atom. The fraction of sp³-hybridized carbons (Fsp3) is 0.286. The number of aryl methyl sites for hydroxylation is 1. The van der Waals surface area contributed by atoms with Gasteiger partial charge in [-0.2, -0.15) is 10.2 Å². The van der Waals surface area contributed by atoms with Crippen molar-refractivity contribution >= 4 is 26.6 Å². The third-order valence-electron chi connectivity index (χ3n) is 5.78. The molecule has 0 atom stereocenters. The van der Waals surface area contributed by atoms with Gasteiger partial charge in [0.25, 0.3) is 10.0 Å². The summed E-state index contributed by atoms with van der Waals surface area (Å²) >= 11 is 0. The maximum Gasteiger partial charge on any atom is 0.265 e. The lowest BCUT2D eigenvalue weighted by Gasteiger charge is -2.34. The standard InChI is InChI=1S/C21H22N6O3S/c1-26-21-15(11-23-26)4-3-5-19(21)25-31(28,29)18-12-24-27(13-18)20-10-14(6-7-22-20)16-8-17(9-16)30-2/h3-7,10-13,16-17,25H,8-9H2,1-2H3/t16-,17+.